The Hall–Kier alpha value is -1.89. The van der Waals surface area contributed by atoms with Crippen LogP contribution in [-0.4, -0.2) is 6.36 Å². The van der Waals surface area contributed by atoms with Crippen LogP contribution >= 0.6 is 15.9 Å². The summed E-state index contributed by atoms with van der Waals surface area (Å²) < 4.78 is 46.9. The standard InChI is InChI=1S/C14H11BrF3NO2/c15-11-7-10(19)6-5-9(11)8-20-12-3-1-2-4-13(12)21-14(16,17)18/h1-7H,8,19H2. The summed E-state index contributed by atoms with van der Waals surface area (Å²) in [4.78, 5) is 0. The number of ether oxygens (including phenoxy) is 2. The van der Waals surface area contributed by atoms with Gasteiger partial charge in [-0.15, -0.1) is 13.2 Å². The van der Waals surface area contributed by atoms with Crippen molar-refractivity contribution in [3.05, 3.63) is 52.5 Å². The van der Waals surface area contributed by atoms with Crippen molar-refractivity contribution in [1.29, 1.82) is 0 Å². The summed E-state index contributed by atoms with van der Waals surface area (Å²) in [6.45, 7) is 0.0824. The van der Waals surface area contributed by atoms with Crippen LogP contribution in [0.15, 0.2) is 46.9 Å². The number of nitrogen functional groups attached to an aromatic ring is 1. The Kier molecular flexibility index (Phi) is 4.62. The van der Waals surface area contributed by atoms with Crippen LogP contribution in [0.3, 0.4) is 0 Å². The average Bonchev–Trinajstić information content (AvgIpc) is 2.37. The number of rotatable bonds is 4. The van der Waals surface area contributed by atoms with E-state index in [9.17, 15) is 13.2 Å². The molecule has 2 aromatic carbocycles. The molecule has 0 bridgehead atoms. The fourth-order valence-electron chi connectivity index (χ4n) is 1.61. The second kappa shape index (κ2) is 6.26. The molecule has 0 radical (unpaired) electrons. The summed E-state index contributed by atoms with van der Waals surface area (Å²) in [6.07, 6.45) is -4.76. The number of hydrogen-bond donors (Lipinski definition) is 1. The van der Waals surface area contributed by atoms with Crippen molar-refractivity contribution in [3.8, 4) is 11.5 Å². The zero-order chi connectivity index (χ0) is 15.5. The first-order valence-corrected chi connectivity index (χ1v) is 6.66. The SMILES string of the molecule is Nc1ccc(COc2ccccc2OC(F)(F)F)c(Br)c1. The minimum absolute atomic E-state index is 0.0125. The Morgan fingerprint density at radius 3 is 2.33 bits per heavy atom. The Bertz CT molecular complexity index is 632. The maximum absolute atomic E-state index is 12.3. The van der Waals surface area contributed by atoms with Gasteiger partial charge in [-0.1, -0.05) is 34.1 Å². The summed E-state index contributed by atoms with van der Waals surface area (Å²) in [6, 6.07) is 10.7. The van der Waals surface area contributed by atoms with E-state index in [0.29, 0.717) is 5.69 Å². The van der Waals surface area contributed by atoms with Gasteiger partial charge in [-0.2, -0.15) is 0 Å². The third kappa shape index (κ3) is 4.56. The fraction of sp³-hybridized carbons (Fsp3) is 0.143. The fourth-order valence-corrected chi connectivity index (χ4v) is 2.13. The van der Waals surface area contributed by atoms with Crippen LogP contribution in [0.5, 0.6) is 11.5 Å². The van der Waals surface area contributed by atoms with E-state index in [4.69, 9.17) is 10.5 Å². The Morgan fingerprint density at radius 1 is 1.05 bits per heavy atom. The van der Waals surface area contributed by atoms with E-state index >= 15 is 0 Å². The number of nitrogens with two attached hydrogens (primary N) is 1. The topological polar surface area (TPSA) is 44.5 Å². The Balaban J connectivity index is 2.13. The number of hydrogen-bond acceptors (Lipinski definition) is 3. The molecule has 112 valence electrons. The Labute approximate surface area is 127 Å². The molecule has 0 fully saturated rings. The quantitative estimate of drug-likeness (QED) is 0.814. The first-order chi connectivity index (χ1) is 9.85. The maximum atomic E-state index is 12.3. The maximum Gasteiger partial charge on any atom is 0.573 e. The van der Waals surface area contributed by atoms with Gasteiger partial charge in [0, 0.05) is 15.7 Å². The second-order valence-electron chi connectivity index (χ2n) is 4.13. The second-order valence-corrected chi connectivity index (χ2v) is 4.99. The van der Waals surface area contributed by atoms with Crippen LogP contribution in [0, 0.1) is 0 Å². The molecule has 0 atom stereocenters. The predicted octanol–water partition coefficient (Wildman–Crippen LogP) is 4.51. The van der Waals surface area contributed by atoms with Crippen LogP contribution in [0.4, 0.5) is 18.9 Å². The van der Waals surface area contributed by atoms with Gasteiger partial charge in [0.05, 0.1) is 0 Å². The zero-order valence-electron chi connectivity index (χ0n) is 10.7. The molecule has 0 unspecified atom stereocenters. The van der Waals surface area contributed by atoms with E-state index in [0.717, 1.165) is 10.0 Å². The molecule has 21 heavy (non-hydrogen) atoms. The third-order valence-corrected chi connectivity index (χ3v) is 3.27. The highest BCUT2D eigenvalue weighted by molar-refractivity contribution is 9.10. The Morgan fingerprint density at radius 2 is 1.71 bits per heavy atom. The van der Waals surface area contributed by atoms with Crippen LogP contribution in [0.2, 0.25) is 0 Å². The smallest absolute Gasteiger partial charge is 0.485 e. The van der Waals surface area contributed by atoms with E-state index in [2.05, 4.69) is 20.7 Å². The molecule has 0 heterocycles. The highest BCUT2D eigenvalue weighted by Crippen LogP contribution is 2.32. The predicted molar refractivity (Wildman–Crippen MR) is 76.0 cm³/mol. The highest BCUT2D eigenvalue weighted by atomic mass is 79.9. The zero-order valence-corrected chi connectivity index (χ0v) is 12.2. The summed E-state index contributed by atoms with van der Waals surface area (Å²) in [5.41, 5.74) is 6.94. The highest BCUT2D eigenvalue weighted by Gasteiger charge is 2.32. The van der Waals surface area contributed by atoms with E-state index < -0.39 is 6.36 Å². The van der Waals surface area contributed by atoms with Gasteiger partial charge in [-0.25, -0.2) is 0 Å². The van der Waals surface area contributed by atoms with Crippen molar-refractivity contribution in [3.63, 3.8) is 0 Å². The largest absolute Gasteiger partial charge is 0.573 e. The number of alkyl halides is 3. The van der Waals surface area contributed by atoms with Crippen molar-refractivity contribution in [2.75, 3.05) is 5.73 Å². The van der Waals surface area contributed by atoms with E-state index in [1.165, 1.54) is 18.2 Å². The number of benzene rings is 2. The molecule has 0 spiro atoms. The molecule has 0 amide bonds. The van der Waals surface area contributed by atoms with Gasteiger partial charge in [0.25, 0.3) is 0 Å². The lowest BCUT2D eigenvalue weighted by Gasteiger charge is -2.14. The molecule has 0 aliphatic carbocycles. The van der Waals surface area contributed by atoms with Gasteiger partial charge in [-0.3, -0.25) is 0 Å². The molecule has 2 aromatic rings. The molecular weight excluding hydrogens is 351 g/mol. The molecule has 3 nitrogen and oxygen atoms in total. The van der Waals surface area contributed by atoms with E-state index in [1.807, 2.05) is 0 Å². The third-order valence-electron chi connectivity index (χ3n) is 2.54. The van der Waals surface area contributed by atoms with Crippen molar-refractivity contribution in [1.82, 2.24) is 0 Å². The molecule has 0 aromatic heterocycles. The molecular formula is C14H11BrF3NO2. The molecule has 2 rings (SSSR count). The number of para-hydroxylation sites is 2. The molecule has 7 heteroatoms. The van der Waals surface area contributed by atoms with Crippen LogP contribution in [-0.2, 0) is 6.61 Å². The van der Waals surface area contributed by atoms with Gasteiger partial charge in [-0.05, 0) is 24.3 Å². The normalized spacial score (nSPS) is 11.2. The van der Waals surface area contributed by atoms with Gasteiger partial charge in [0.2, 0.25) is 0 Å². The monoisotopic (exact) mass is 361 g/mol. The number of halogens is 4. The summed E-state index contributed by atoms with van der Waals surface area (Å²) in [5.74, 6) is -0.366. The van der Waals surface area contributed by atoms with Gasteiger partial charge >= 0.3 is 6.36 Å². The average molecular weight is 362 g/mol. The van der Waals surface area contributed by atoms with E-state index in [-0.39, 0.29) is 18.1 Å². The van der Waals surface area contributed by atoms with Crippen molar-refractivity contribution >= 4 is 21.6 Å². The molecule has 0 aliphatic heterocycles. The van der Waals surface area contributed by atoms with Gasteiger partial charge in [0.15, 0.2) is 11.5 Å². The lowest BCUT2D eigenvalue weighted by molar-refractivity contribution is -0.275. The lowest BCUT2D eigenvalue weighted by Crippen LogP contribution is -2.17. The summed E-state index contributed by atoms with van der Waals surface area (Å²) in [7, 11) is 0. The lowest BCUT2D eigenvalue weighted by atomic mass is 10.2. The summed E-state index contributed by atoms with van der Waals surface area (Å²) >= 11 is 3.32. The van der Waals surface area contributed by atoms with E-state index in [1.54, 1.807) is 24.3 Å². The van der Waals surface area contributed by atoms with Crippen molar-refractivity contribution in [2.24, 2.45) is 0 Å². The van der Waals surface area contributed by atoms with Gasteiger partial charge < -0.3 is 15.2 Å². The van der Waals surface area contributed by atoms with Crippen LogP contribution in [0.1, 0.15) is 5.56 Å². The number of anilines is 1. The first-order valence-electron chi connectivity index (χ1n) is 5.86. The molecule has 0 aliphatic rings. The first kappa shape index (κ1) is 15.5. The van der Waals surface area contributed by atoms with Crippen molar-refractivity contribution < 1.29 is 22.6 Å². The minimum Gasteiger partial charge on any atom is -0.485 e. The van der Waals surface area contributed by atoms with Crippen LogP contribution in [0.25, 0.3) is 0 Å². The molecule has 0 saturated carbocycles. The molecule has 2 N–H and O–H groups in total. The van der Waals surface area contributed by atoms with Crippen molar-refractivity contribution in [2.45, 2.75) is 13.0 Å². The summed E-state index contributed by atoms with van der Waals surface area (Å²) in [5, 5.41) is 0. The van der Waals surface area contributed by atoms with Gasteiger partial charge in [0.1, 0.15) is 6.61 Å². The van der Waals surface area contributed by atoms with Crippen LogP contribution < -0.4 is 15.2 Å². The minimum atomic E-state index is -4.76. The molecule has 0 saturated heterocycles.